The smallest absolute Gasteiger partial charge is 0.303 e. The second-order valence-corrected chi connectivity index (χ2v) is 5.73. The first-order chi connectivity index (χ1) is 10.8. The molecule has 22 heavy (non-hydrogen) atoms. The highest BCUT2D eigenvalue weighted by Crippen LogP contribution is 2.06. The second kappa shape index (κ2) is 17.7. The Kier molecular flexibility index (Phi) is 16.7. The number of rotatable bonds is 15. The van der Waals surface area contributed by atoms with Crippen LogP contribution in [0, 0.1) is 0 Å². The van der Waals surface area contributed by atoms with Crippen molar-refractivity contribution in [3.8, 4) is 0 Å². The van der Waals surface area contributed by atoms with Crippen LogP contribution in [0.25, 0.3) is 0 Å². The molecule has 0 unspecified atom stereocenters. The van der Waals surface area contributed by atoms with E-state index in [1.807, 2.05) is 0 Å². The third kappa shape index (κ3) is 18.7. The number of allylic oxidation sites excluding steroid dienone is 6. The van der Waals surface area contributed by atoms with E-state index in [-0.39, 0.29) is 0 Å². The second-order valence-electron chi connectivity index (χ2n) is 5.73. The zero-order valence-corrected chi connectivity index (χ0v) is 14.3. The van der Waals surface area contributed by atoms with Gasteiger partial charge in [-0.3, -0.25) is 4.79 Å². The monoisotopic (exact) mass is 306 g/mol. The zero-order chi connectivity index (χ0) is 16.3. The van der Waals surface area contributed by atoms with Crippen LogP contribution in [0.2, 0.25) is 0 Å². The standard InChI is InChI=1S/C20H34O2/c1-2-3-4-5-6-7-8-9-10-11-12-13-14-15-16-17-18-19-20(21)22/h6-7,9-10,12-13H,2-5,8,11,14-19H2,1H3,(H,21,22)/b7-6+,10-9-,13-12+. The third-order valence-corrected chi connectivity index (χ3v) is 3.53. The molecule has 0 amide bonds. The van der Waals surface area contributed by atoms with Crippen molar-refractivity contribution in [2.45, 2.75) is 84.0 Å². The topological polar surface area (TPSA) is 37.3 Å². The summed E-state index contributed by atoms with van der Waals surface area (Å²) >= 11 is 0. The maximum absolute atomic E-state index is 10.3. The molecule has 0 aliphatic rings. The molecule has 0 heterocycles. The predicted molar refractivity (Wildman–Crippen MR) is 96.1 cm³/mol. The van der Waals surface area contributed by atoms with Crippen LogP contribution in [0.3, 0.4) is 0 Å². The molecule has 0 spiro atoms. The van der Waals surface area contributed by atoms with Gasteiger partial charge in [0.05, 0.1) is 0 Å². The molecular weight excluding hydrogens is 272 g/mol. The highest BCUT2D eigenvalue weighted by Gasteiger charge is 1.95. The van der Waals surface area contributed by atoms with Crippen LogP contribution in [0.15, 0.2) is 36.5 Å². The van der Waals surface area contributed by atoms with Crippen molar-refractivity contribution in [2.24, 2.45) is 0 Å². The van der Waals surface area contributed by atoms with Gasteiger partial charge in [0, 0.05) is 6.42 Å². The van der Waals surface area contributed by atoms with Crippen molar-refractivity contribution < 1.29 is 9.90 Å². The van der Waals surface area contributed by atoms with Crippen molar-refractivity contribution in [1.82, 2.24) is 0 Å². The SMILES string of the molecule is CCCCC/C=C/C/C=C\C/C=C/CCCCCCC(=O)O. The normalized spacial score (nSPS) is 12.0. The fourth-order valence-electron chi connectivity index (χ4n) is 2.18. The third-order valence-electron chi connectivity index (χ3n) is 3.53. The van der Waals surface area contributed by atoms with Gasteiger partial charge in [-0.15, -0.1) is 0 Å². The minimum Gasteiger partial charge on any atom is -0.481 e. The Hall–Kier alpha value is -1.31. The van der Waals surface area contributed by atoms with Gasteiger partial charge in [-0.1, -0.05) is 69.1 Å². The van der Waals surface area contributed by atoms with E-state index in [9.17, 15) is 4.79 Å². The summed E-state index contributed by atoms with van der Waals surface area (Å²) in [6.45, 7) is 2.24. The number of carboxylic acids is 1. The first-order valence-electron chi connectivity index (χ1n) is 8.94. The molecule has 0 bridgehead atoms. The first kappa shape index (κ1) is 20.7. The fraction of sp³-hybridized carbons (Fsp3) is 0.650. The van der Waals surface area contributed by atoms with Gasteiger partial charge in [0.1, 0.15) is 0 Å². The molecule has 126 valence electrons. The highest BCUT2D eigenvalue weighted by molar-refractivity contribution is 5.66. The molecule has 0 aromatic carbocycles. The Balaban J connectivity index is 3.29. The van der Waals surface area contributed by atoms with Crippen LogP contribution in [0.4, 0.5) is 0 Å². The fourth-order valence-corrected chi connectivity index (χ4v) is 2.18. The summed E-state index contributed by atoms with van der Waals surface area (Å²) in [6, 6.07) is 0. The van der Waals surface area contributed by atoms with Crippen molar-refractivity contribution in [1.29, 1.82) is 0 Å². The highest BCUT2D eigenvalue weighted by atomic mass is 16.4. The van der Waals surface area contributed by atoms with Gasteiger partial charge in [0.25, 0.3) is 0 Å². The number of hydrogen-bond acceptors (Lipinski definition) is 1. The van der Waals surface area contributed by atoms with E-state index >= 15 is 0 Å². The van der Waals surface area contributed by atoms with E-state index in [1.165, 1.54) is 32.1 Å². The lowest BCUT2D eigenvalue weighted by molar-refractivity contribution is -0.137. The molecule has 0 atom stereocenters. The summed E-state index contributed by atoms with van der Waals surface area (Å²) in [5, 5.41) is 8.52. The van der Waals surface area contributed by atoms with Gasteiger partial charge in [-0.25, -0.2) is 0 Å². The molecule has 0 aliphatic heterocycles. The van der Waals surface area contributed by atoms with Gasteiger partial charge in [-0.2, -0.15) is 0 Å². The molecule has 0 radical (unpaired) electrons. The Morgan fingerprint density at radius 1 is 0.727 bits per heavy atom. The quantitative estimate of drug-likeness (QED) is 0.279. The molecule has 0 aromatic rings. The number of aliphatic carboxylic acids is 1. The van der Waals surface area contributed by atoms with Gasteiger partial charge in [-0.05, 0) is 44.9 Å². The van der Waals surface area contributed by atoms with Gasteiger partial charge < -0.3 is 5.11 Å². The van der Waals surface area contributed by atoms with Crippen LogP contribution in [-0.2, 0) is 4.79 Å². The van der Waals surface area contributed by atoms with Crippen LogP contribution in [0.5, 0.6) is 0 Å². The lowest BCUT2D eigenvalue weighted by Crippen LogP contribution is -1.93. The van der Waals surface area contributed by atoms with Gasteiger partial charge in [0.15, 0.2) is 0 Å². The van der Waals surface area contributed by atoms with Gasteiger partial charge >= 0.3 is 5.97 Å². The van der Waals surface area contributed by atoms with Crippen LogP contribution >= 0.6 is 0 Å². The zero-order valence-electron chi connectivity index (χ0n) is 14.3. The van der Waals surface area contributed by atoms with Crippen molar-refractivity contribution in [3.63, 3.8) is 0 Å². The number of hydrogen-bond donors (Lipinski definition) is 1. The van der Waals surface area contributed by atoms with Crippen molar-refractivity contribution >= 4 is 5.97 Å². The number of carbonyl (C=O) groups is 1. The number of unbranched alkanes of at least 4 members (excludes halogenated alkanes) is 7. The molecule has 0 fully saturated rings. The molecule has 0 rings (SSSR count). The minimum absolute atomic E-state index is 0.313. The minimum atomic E-state index is -0.678. The molecule has 0 saturated carbocycles. The van der Waals surface area contributed by atoms with E-state index in [0.29, 0.717) is 6.42 Å². The number of carboxylic acid groups (broad SMARTS) is 1. The molecular formula is C20H34O2. The maximum atomic E-state index is 10.3. The average molecular weight is 306 g/mol. The molecule has 0 saturated heterocycles. The summed E-state index contributed by atoms with van der Waals surface area (Å²) in [7, 11) is 0. The van der Waals surface area contributed by atoms with E-state index in [4.69, 9.17) is 5.11 Å². The summed E-state index contributed by atoms with van der Waals surface area (Å²) in [5.41, 5.74) is 0. The summed E-state index contributed by atoms with van der Waals surface area (Å²) in [6.07, 6.45) is 26.3. The Morgan fingerprint density at radius 2 is 1.23 bits per heavy atom. The Labute approximate surface area is 137 Å². The van der Waals surface area contributed by atoms with E-state index in [1.54, 1.807) is 0 Å². The summed E-state index contributed by atoms with van der Waals surface area (Å²) in [5.74, 6) is -0.678. The first-order valence-corrected chi connectivity index (χ1v) is 8.94. The van der Waals surface area contributed by atoms with Gasteiger partial charge in [0.2, 0.25) is 0 Å². The molecule has 2 nitrogen and oxygen atoms in total. The van der Waals surface area contributed by atoms with Crippen LogP contribution in [0.1, 0.15) is 84.0 Å². The predicted octanol–water partition coefficient (Wildman–Crippen LogP) is 6.44. The molecule has 1 N–H and O–H groups in total. The van der Waals surface area contributed by atoms with Crippen molar-refractivity contribution in [2.75, 3.05) is 0 Å². The van der Waals surface area contributed by atoms with E-state index < -0.39 is 5.97 Å². The van der Waals surface area contributed by atoms with Crippen molar-refractivity contribution in [3.05, 3.63) is 36.5 Å². The Bertz CT molecular complexity index is 327. The summed E-state index contributed by atoms with van der Waals surface area (Å²) < 4.78 is 0. The molecule has 0 aromatic heterocycles. The lowest BCUT2D eigenvalue weighted by Gasteiger charge is -1.96. The molecule has 2 heteroatoms. The molecule has 0 aliphatic carbocycles. The lowest BCUT2D eigenvalue weighted by atomic mass is 10.1. The van der Waals surface area contributed by atoms with E-state index in [0.717, 1.165) is 38.5 Å². The van der Waals surface area contributed by atoms with Crippen LogP contribution in [-0.4, -0.2) is 11.1 Å². The summed E-state index contributed by atoms with van der Waals surface area (Å²) in [4.78, 5) is 10.3. The van der Waals surface area contributed by atoms with E-state index in [2.05, 4.69) is 43.4 Å². The largest absolute Gasteiger partial charge is 0.481 e. The average Bonchev–Trinajstić information content (AvgIpc) is 2.50. The Morgan fingerprint density at radius 3 is 1.77 bits per heavy atom. The maximum Gasteiger partial charge on any atom is 0.303 e. The van der Waals surface area contributed by atoms with Crippen LogP contribution < -0.4 is 0 Å².